The van der Waals surface area contributed by atoms with Crippen molar-refractivity contribution in [3.05, 3.63) is 18.2 Å². The first-order valence-electron chi connectivity index (χ1n) is 6.43. The quantitative estimate of drug-likeness (QED) is 0.850. The Morgan fingerprint density at radius 1 is 1.31 bits per heavy atom. The van der Waals surface area contributed by atoms with Crippen LogP contribution in [0.1, 0.15) is 44.7 Å². The maximum atomic E-state index is 9.16. The molecule has 1 saturated carbocycles. The SMILES string of the molecule is CCC1CCC(Cn2cncc2CO)CC1. The van der Waals surface area contributed by atoms with Gasteiger partial charge in [0.05, 0.1) is 24.8 Å². The molecule has 0 aliphatic heterocycles. The van der Waals surface area contributed by atoms with Gasteiger partial charge in [0.2, 0.25) is 0 Å². The lowest BCUT2D eigenvalue weighted by atomic mass is 9.81. The zero-order valence-corrected chi connectivity index (χ0v) is 10.1. The molecule has 1 N–H and O–H groups in total. The van der Waals surface area contributed by atoms with Gasteiger partial charge in [-0.3, -0.25) is 0 Å². The van der Waals surface area contributed by atoms with Crippen LogP contribution in [0.4, 0.5) is 0 Å². The first-order chi connectivity index (χ1) is 7.83. The number of aliphatic hydroxyl groups excluding tert-OH is 1. The lowest BCUT2D eigenvalue weighted by molar-refractivity contribution is 0.234. The molecule has 90 valence electrons. The van der Waals surface area contributed by atoms with Crippen LogP contribution in [0, 0.1) is 11.8 Å². The van der Waals surface area contributed by atoms with Crippen LogP contribution in [-0.2, 0) is 13.2 Å². The third kappa shape index (κ3) is 2.64. The number of hydrogen-bond donors (Lipinski definition) is 1. The molecule has 3 heteroatoms. The predicted octanol–water partition coefficient (Wildman–Crippen LogP) is 2.59. The monoisotopic (exact) mass is 222 g/mol. The van der Waals surface area contributed by atoms with E-state index in [1.807, 2.05) is 6.33 Å². The smallest absolute Gasteiger partial charge is 0.0948 e. The highest BCUT2D eigenvalue weighted by Crippen LogP contribution is 2.31. The zero-order chi connectivity index (χ0) is 11.4. The largest absolute Gasteiger partial charge is 0.390 e. The third-order valence-electron chi connectivity index (χ3n) is 3.96. The van der Waals surface area contributed by atoms with Crippen molar-refractivity contribution in [2.45, 2.75) is 52.2 Å². The fourth-order valence-corrected chi connectivity index (χ4v) is 2.74. The number of hydrogen-bond acceptors (Lipinski definition) is 2. The van der Waals surface area contributed by atoms with E-state index in [1.165, 1.54) is 32.1 Å². The van der Waals surface area contributed by atoms with Crippen molar-refractivity contribution < 1.29 is 5.11 Å². The van der Waals surface area contributed by atoms with E-state index in [0.29, 0.717) is 0 Å². The molecule has 1 fully saturated rings. The Kier molecular flexibility index (Phi) is 3.99. The van der Waals surface area contributed by atoms with Gasteiger partial charge in [0.25, 0.3) is 0 Å². The van der Waals surface area contributed by atoms with Crippen molar-refractivity contribution in [2.75, 3.05) is 0 Å². The summed E-state index contributed by atoms with van der Waals surface area (Å²) < 4.78 is 2.11. The van der Waals surface area contributed by atoms with Crippen molar-refractivity contribution in [1.29, 1.82) is 0 Å². The average Bonchev–Trinajstić information content (AvgIpc) is 2.77. The minimum absolute atomic E-state index is 0.101. The molecule has 0 aromatic carbocycles. The van der Waals surface area contributed by atoms with Crippen LogP contribution in [0.15, 0.2) is 12.5 Å². The maximum Gasteiger partial charge on any atom is 0.0948 e. The van der Waals surface area contributed by atoms with E-state index in [0.717, 1.165) is 24.1 Å². The fraction of sp³-hybridized carbons (Fsp3) is 0.769. The normalized spacial score (nSPS) is 25.9. The molecule has 2 rings (SSSR count). The number of aliphatic hydroxyl groups is 1. The molecule has 1 aliphatic rings. The molecule has 0 spiro atoms. The maximum absolute atomic E-state index is 9.16. The molecule has 0 amide bonds. The van der Waals surface area contributed by atoms with Crippen molar-refractivity contribution >= 4 is 0 Å². The van der Waals surface area contributed by atoms with Crippen LogP contribution in [-0.4, -0.2) is 14.7 Å². The average molecular weight is 222 g/mol. The Morgan fingerprint density at radius 2 is 2.00 bits per heavy atom. The standard InChI is InChI=1S/C13H22N2O/c1-2-11-3-5-12(6-4-11)8-15-10-14-7-13(15)9-16/h7,10-12,16H,2-6,8-9H2,1H3. The fourth-order valence-electron chi connectivity index (χ4n) is 2.74. The Hall–Kier alpha value is -0.830. The summed E-state index contributed by atoms with van der Waals surface area (Å²) in [4.78, 5) is 4.09. The van der Waals surface area contributed by atoms with Gasteiger partial charge >= 0.3 is 0 Å². The van der Waals surface area contributed by atoms with E-state index >= 15 is 0 Å². The highest BCUT2D eigenvalue weighted by atomic mass is 16.3. The van der Waals surface area contributed by atoms with Gasteiger partial charge in [0.1, 0.15) is 0 Å². The molecule has 0 saturated heterocycles. The van der Waals surface area contributed by atoms with Gasteiger partial charge in [0.15, 0.2) is 0 Å². The summed E-state index contributed by atoms with van der Waals surface area (Å²) in [6.45, 7) is 3.43. The van der Waals surface area contributed by atoms with Gasteiger partial charge in [-0.25, -0.2) is 4.98 Å². The van der Waals surface area contributed by atoms with Gasteiger partial charge in [-0.1, -0.05) is 26.2 Å². The van der Waals surface area contributed by atoms with Crippen LogP contribution in [0.5, 0.6) is 0 Å². The number of nitrogens with zero attached hydrogens (tertiary/aromatic N) is 2. The molecule has 1 aliphatic carbocycles. The molecule has 16 heavy (non-hydrogen) atoms. The summed E-state index contributed by atoms with van der Waals surface area (Å²) >= 11 is 0. The number of imidazole rings is 1. The molecule has 0 atom stereocenters. The summed E-state index contributed by atoms with van der Waals surface area (Å²) in [5, 5.41) is 9.16. The topological polar surface area (TPSA) is 38.0 Å². The second kappa shape index (κ2) is 5.48. The second-order valence-corrected chi connectivity index (χ2v) is 4.99. The van der Waals surface area contributed by atoms with Gasteiger partial charge in [0, 0.05) is 6.54 Å². The van der Waals surface area contributed by atoms with Crippen LogP contribution in [0.25, 0.3) is 0 Å². The second-order valence-electron chi connectivity index (χ2n) is 4.99. The van der Waals surface area contributed by atoms with E-state index in [1.54, 1.807) is 6.20 Å². The highest BCUT2D eigenvalue weighted by molar-refractivity contribution is 4.96. The number of rotatable bonds is 4. The summed E-state index contributed by atoms with van der Waals surface area (Å²) in [5.74, 6) is 1.73. The number of aromatic nitrogens is 2. The van der Waals surface area contributed by atoms with Gasteiger partial charge < -0.3 is 9.67 Å². The molecule has 1 heterocycles. The molecule has 1 aromatic rings. The van der Waals surface area contributed by atoms with Crippen LogP contribution in [0.2, 0.25) is 0 Å². The molecule has 3 nitrogen and oxygen atoms in total. The van der Waals surface area contributed by atoms with Crippen molar-refractivity contribution in [2.24, 2.45) is 11.8 Å². The van der Waals surface area contributed by atoms with Crippen LogP contribution < -0.4 is 0 Å². The Bertz CT molecular complexity index is 313. The Balaban J connectivity index is 1.87. The molecule has 0 unspecified atom stereocenters. The van der Waals surface area contributed by atoms with E-state index in [4.69, 9.17) is 5.11 Å². The lowest BCUT2D eigenvalue weighted by Gasteiger charge is -2.28. The van der Waals surface area contributed by atoms with Crippen LogP contribution >= 0.6 is 0 Å². The van der Waals surface area contributed by atoms with Crippen molar-refractivity contribution in [3.63, 3.8) is 0 Å². The minimum atomic E-state index is 0.101. The van der Waals surface area contributed by atoms with E-state index in [9.17, 15) is 0 Å². The summed E-state index contributed by atoms with van der Waals surface area (Å²) in [7, 11) is 0. The Morgan fingerprint density at radius 3 is 2.62 bits per heavy atom. The first kappa shape index (κ1) is 11.6. The van der Waals surface area contributed by atoms with Crippen molar-refractivity contribution in [3.8, 4) is 0 Å². The van der Waals surface area contributed by atoms with Gasteiger partial charge in [-0.05, 0) is 24.7 Å². The van der Waals surface area contributed by atoms with E-state index in [-0.39, 0.29) is 6.61 Å². The third-order valence-corrected chi connectivity index (χ3v) is 3.96. The molecular weight excluding hydrogens is 200 g/mol. The molecule has 0 bridgehead atoms. The molecular formula is C13H22N2O. The zero-order valence-electron chi connectivity index (χ0n) is 10.1. The Labute approximate surface area is 97.5 Å². The summed E-state index contributed by atoms with van der Waals surface area (Å²) in [6.07, 6.45) is 10.4. The van der Waals surface area contributed by atoms with Gasteiger partial charge in [-0.2, -0.15) is 0 Å². The molecule has 0 radical (unpaired) electrons. The van der Waals surface area contributed by atoms with Gasteiger partial charge in [-0.15, -0.1) is 0 Å². The predicted molar refractivity (Wildman–Crippen MR) is 63.9 cm³/mol. The first-order valence-corrected chi connectivity index (χ1v) is 6.43. The lowest BCUT2D eigenvalue weighted by Crippen LogP contribution is -2.19. The van der Waals surface area contributed by atoms with E-state index < -0.39 is 0 Å². The van der Waals surface area contributed by atoms with Crippen molar-refractivity contribution in [1.82, 2.24) is 9.55 Å². The molecule has 1 aromatic heterocycles. The minimum Gasteiger partial charge on any atom is -0.390 e. The highest BCUT2D eigenvalue weighted by Gasteiger charge is 2.20. The summed E-state index contributed by atoms with van der Waals surface area (Å²) in [6, 6.07) is 0. The summed E-state index contributed by atoms with van der Waals surface area (Å²) in [5.41, 5.74) is 0.942. The van der Waals surface area contributed by atoms with Crippen LogP contribution in [0.3, 0.4) is 0 Å². The van der Waals surface area contributed by atoms with E-state index in [2.05, 4.69) is 16.5 Å².